The lowest BCUT2D eigenvalue weighted by Crippen LogP contribution is -1.95. The third-order valence-electron chi connectivity index (χ3n) is 1.61. The van der Waals surface area contributed by atoms with Crippen LogP contribution in [0.2, 0.25) is 0 Å². The van der Waals surface area contributed by atoms with Gasteiger partial charge in [0.2, 0.25) is 0 Å². The quantitative estimate of drug-likeness (QED) is 0.580. The number of hydrogen-bond donors (Lipinski definition) is 0. The van der Waals surface area contributed by atoms with Crippen LogP contribution in [-0.4, -0.2) is 5.91 Å². The Morgan fingerprint density at radius 1 is 1.33 bits per heavy atom. The molecule has 0 N–H and O–H groups in total. The summed E-state index contributed by atoms with van der Waals surface area (Å²) in [5.41, 5.74) is 0.826. The van der Waals surface area contributed by atoms with Crippen LogP contribution in [0.15, 0.2) is 34.7 Å². The fourth-order valence-electron chi connectivity index (χ4n) is 1.05. The zero-order valence-electron chi connectivity index (χ0n) is 6.23. The zero-order valence-corrected chi connectivity index (χ0v) is 6.23. The molecule has 0 atom stereocenters. The number of para-hydroxylation sites is 1. The van der Waals surface area contributed by atoms with Gasteiger partial charge in [0, 0.05) is 10.8 Å². The van der Waals surface area contributed by atoms with Crippen LogP contribution in [0.1, 0.15) is 5.56 Å². The van der Waals surface area contributed by atoms with Crippen LogP contribution in [0.5, 0.6) is 5.75 Å². The highest BCUT2D eigenvalue weighted by Gasteiger charge is 2.11. The first-order valence-corrected chi connectivity index (χ1v) is 3.55. The average molecular weight is 162 g/mol. The molecular formula is C8H6N2O2. The molecule has 4 heteroatoms. The van der Waals surface area contributed by atoms with Crippen LogP contribution >= 0.6 is 0 Å². The van der Waals surface area contributed by atoms with Crippen LogP contribution in [0, 0.1) is 0 Å². The van der Waals surface area contributed by atoms with E-state index < -0.39 is 0 Å². The van der Waals surface area contributed by atoms with Crippen molar-refractivity contribution in [3.8, 4) is 5.75 Å². The second kappa shape index (κ2) is 2.73. The Kier molecular flexibility index (Phi) is 1.59. The lowest BCUT2D eigenvalue weighted by atomic mass is 10.1. The Hall–Kier alpha value is -1.71. The van der Waals surface area contributed by atoms with Gasteiger partial charge in [-0.1, -0.05) is 23.3 Å². The molecule has 0 bridgehead atoms. The van der Waals surface area contributed by atoms with Crippen molar-refractivity contribution in [2.24, 2.45) is 10.4 Å². The van der Waals surface area contributed by atoms with Gasteiger partial charge in [0.1, 0.15) is 0 Å². The predicted molar refractivity (Wildman–Crippen MR) is 40.6 cm³/mol. The monoisotopic (exact) mass is 162 g/mol. The average Bonchev–Trinajstić information content (AvgIpc) is 2.25. The standard InChI is InChI=1S/C8H6N2O2/c11-8-5-6-3-1-2-4-7(6)12-10-9-8/h1-4H,5H2. The summed E-state index contributed by atoms with van der Waals surface area (Å²) >= 11 is 0. The summed E-state index contributed by atoms with van der Waals surface area (Å²) in [6.45, 7) is 0. The van der Waals surface area contributed by atoms with Gasteiger partial charge in [0.25, 0.3) is 5.91 Å². The summed E-state index contributed by atoms with van der Waals surface area (Å²) in [5, 5.41) is 6.57. The van der Waals surface area contributed by atoms with E-state index in [2.05, 4.69) is 10.4 Å². The van der Waals surface area contributed by atoms with Crippen molar-refractivity contribution in [2.75, 3.05) is 0 Å². The molecule has 1 aromatic carbocycles. The largest absolute Gasteiger partial charge is 0.339 e. The molecule has 12 heavy (non-hydrogen) atoms. The molecule has 0 unspecified atom stereocenters. The number of amides is 1. The van der Waals surface area contributed by atoms with E-state index in [9.17, 15) is 4.79 Å². The second-order valence-electron chi connectivity index (χ2n) is 2.45. The molecule has 60 valence electrons. The van der Waals surface area contributed by atoms with E-state index in [0.717, 1.165) is 5.56 Å². The zero-order chi connectivity index (χ0) is 8.39. The van der Waals surface area contributed by atoms with E-state index in [1.165, 1.54) is 0 Å². The number of fused-ring (bicyclic) bond motifs is 1. The normalized spacial score (nSPS) is 14.8. The van der Waals surface area contributed by atoms with Crippen molar-refractivity contribution in [1.82, 2.24) is 0 Å². The summed E-state index contributed by atoms with van der Waals surface area (Å²) in [7, 11) is 0. The molecule has 1 aliphatic rings. The Morgan fingerprint density at radius 3 is 3.08 bits per heavy atom. The topological polar surface area (TPSA) is 51.0 Å². The number of carbonyl (C=O) groups excluding carboxylic acids is 1. The molecule has 4 nitrogen and oxygen atoms in total. The van der Waals surface area contributed by atoms with Crippen molar-refractivity contribution >= 4 is 5.91 Å². The first-order chi connectivity index (χ1) is 5.86. The van der Waals surface area contributed by atoms with Crippen molar-refractivity contribution < 1.29 is 9.63 Å². The highest BCUT2D eigenvalue weighted by Crippen LogP contribution is 2.21. The molecule has 0 fully saturated rings. The van der Waals surface area contributed by atoms with E-state index in [-0.39, 0.29) is 12.3 Å². The van der Waals surface area contributed by atoms with Crippen molar-refractivity contribution in [3.63, 3.8) is 0 Å². The molecular weight excluding hydrogens is 156 g/mol. The summed E-state index contributed by atoms with van der Waals surface area (Å²) < 4.78 is 0. The van der Waals surface area contributed by atoms with Gasteiger partial charge in [-0.3, -0.25) is 4.79 Å². The predicted octanol–water partition coefficient (Wildman–Crippen LogP) is 1.52. The third-order valence-corrected chi connectivity index (χ3v) is 1.61. The lowest BCUT2D eigenvalue weighted by Gasteiger charge is -1.98. The first kappa shape index (κ1) is 6.97. The SMILES string of the molecule is O=C1Cc2ccccc2ON=N1. The smallest absolute Gasteiger partial charge is 0.272 e. The van der Waals surface area contributed by atoms with E-state index in [0.29, 0.717) is 5.75 Å². The molecule has 0 saturated heterocycles. The van der Waals surface area contributed by atoms with Crippen LogP contribution < -0.4 is 4.84 Å². The van der Waals surface area contributed by atoms with Gasteiger partial charge in [-0.05, 0) is 6.07 Å². The first-order valence-electron chi connectivity index (χ1n) is 3.55. The molecule has 0 radical (unpaired) electrons. The summed E-state index contributed by atoms with van der Waals surface area (Å²) in [6, 6.07) is 7.25. The fraction of sp³-hybridized carbons (Fsp3) is 0.125. The van der Waals surface area contributed by atoms with E-state index in [1.54, 1.807) is 6.07 Å². The minimum Gasteiger partial charge on any atom is -0.339 e. The molecule has 1 amide bonds. The second-order valence-corrected chi connectivity index (χ2v) is 2.45. The minimum absolute atomic E-state index is 0.264. The van der Waals surface area contributed by atoms with Crippen molar-refractivity contribution in [1.29, 1.82) is 0 Å². The maximum Gasteiger partial charge on any atom is 0.272 e. The van der Waals surface area contributed by atoms with Gasteiger partial charge < -0.3 is 4.84 Å². The highest BCUT2D eigenvalue weighted by atomic mass is 16.6. The minimum atomic E-state index is -0.278. The van der Waals surface area contributed by atoms with Gasteiger partial charge in [-0.25, -0.2) is 0 Å². The number of carbonyl (C=O) groups is 1. The summed E-state index contributed by atoms with van der Waals surface area (Å²) in [6.07, 6.45) is 0.264. The van der Waals surface area contributed by atoms with Gasteiger partial charge in [0.15, 0.2) is 5.75 Å². The number of benzene rings is 1. The van der Waals surface area contributed by atoms with Gasteiger partial charge in [0.05, 0.1) is 6.42 Å². The fourth-order valence-corrected chi connectivity index (χ4v) is 1.05. The van der Waals surface area contributed by atoms with Gasteiger partial charge in [-0.2, -0.15) is 0 Å². The lowest BCUT2D eigenvalue weighted by molar-refractivity contribution is -0.117. The van der Waals surface area contributed by atoms with Crippen molar-refractivity contribution in [3.05, 3.63) is 29.8 Å². The maximum absolute atomic E-state index is 10.9. The number of hydrogen-bond acceptors (Lipinski definition) is 3. The molecule has 0 aromatic heterocycles. The van der Waals surface area contributed by atoms with Gasteiger partial charge in [-0.15, -0.1) is 0 Å². The van der Waals surface area contributed by atoms with Crippen LogP contribution in [0.25, 0.3) is 0 Å². The molecule has 1 heterocycles. The van der Waals surface area contributed by atoms with Crippen LogP contribution in [-0.2, 0) is 11.2 Å². The molecule has 2 rings (SSSR count). The Balaban J connectivity index is 2.44. The van der Waals surface area contributed by atoms with E-state index in [1.807, 2.05) is 18.2 Å². The van der Waals surface area contributed by atoms with E-state index in [4.69, 9.17) is 4.84 Å². The van der Waals surface area contributed by atoms with E-state index >= 15 is 0 Å². The molecule has 1 aromatic rings. The van der Waals surface area contributed by atoms with Crippen LogP contribution in [0.4, 0.5) is 0 Å². The van der Waals surface area contributed by atoms with Gasteiger partial charge >= 0.3 is 0 Å². The Morgan fingerprint density at radius 2 is 2.17 bits per heavy atom. The number of nitrogens with zero attached hydrogens (tertiary/aromatic N) is 2. The highest BCUT2D eigenvalue weighted by molar-refractivity contribution is 5.79. The maximum atomic E-state index is 10.9. The van der Waals surface area contributed by atoms with Crippen molar-refractivity contribution in [2.45, 2.75) is 6.42 Å². The molecule has 1 aliphatic heterocycles. The molecule has 0 aliphatic carbocycles. The summed E-state index contributed by atoms with van der Waals surface area (Å²) in [5.74, 6) is 0.326. The third kappa shape index (κ3) is 1.18. The van der Waals surface area contributed by atoms with Crippen LogP contribution in [0.3, 0.4) is 0 Å². The molecule has 0 saturated carbocycles. The summed E-state index contributed by atoms with van der Waals surface area (Å²) in [4.78, 5) is 15.8. The molecule has 0 spiro atoms. The Bertz CT molecular complexity index is 347. The Labute approximate surface area is 68.8 Å². The number of rotatable bonds is 0.